The number of ketones is 3. The monoisotopic (exact) mass is 565 g/mol. The number of ether oxygens (including phenoxy) is 2. The molecule has 212 valence electrons. The first kappa shape index (κ1) is 30.5. The second-order valence-electron chi connectivity index (χ2n) is 9.26. The summed E-state index contributed by atoms with van der Waals surface area (Å²) in [6, 6.07) is 4.25. The number of Topliss-reactive ketones (excluding diaryl/α,β-unsaturated/α-hetero) is 1. The molecule has 1 aliphatic heterocycles. The highest BCUT2D eigenvalue weighted by molar-refractivity contribution is 6.31. The summed E-state index contributed by atoms with van der Waals surface area (Å²) in [6.45, 7) is -0.468. The van der Waals surface area contributed by atoms with Crippen LogP contribution in [0.25, 0.3) is 0 Å². The van der Waals surface area contributed by atoms with Gasteiger partial charge in [0.2, 0.25) is 5.78 Å². The van der Waals surface area contributed by atoms with E-state index >= 15 is 0 Å². The molecule has 2 aliphatic carbocycles. The van der Waals surface area contributed by atoms with Crippen molar-refractivity contribution in [3.05, 3.63) is 51.6 Å². The summed E-state index contributed by atoms with van der Waals surface area (Å²) in [6.07, 6.45) is 1.10. The number of phenolic OH excluding ortho intramolecular Hbond substituents is 2. The first-order valence-corrected chi connectivity index (χ1v) is 13.0. The van der Waals surface area contributed by atoms with Crippen LogP contribution in [0.5, 0.6) is 17.2 Å². The van der Waals surface area contributed by atoms with Gasteiger partial charge in [-0.05, 0) is 25.3 Å². The van der Waals surface area contributed by atoms with E-state index in [1.807, 2.05) is 0 Å². The number of phenols is 2. The van der Waals surface area contributed by atoms with Gasteiger partial charge in [0, 0.05) is 41.5 Å². The molecule has 0 amide bonds. The van der Waals surface area contributed by atoms with Crippen molar-refractivity contribution in [2.75, 3.05) is 26.7 Å². The zero-order valence-corrected chi connectivity index (χ0v) is 22.3. The number of fused-ring (bicyclic) bond motifs is 3. The number of methoxy groups -OCH3 is 1. The second-order valence-corrected chi connectivity index (χ2v) is 9.26. The predicted molar refractivity (Wildman–Crippen MR) is 140 cm³/mol. The molecule has 0 radical (unpaired) electrons. The molecular weight excluding hydrogens is 534 g/mol. The van der Waals surface area contributed by atoms with Crippen LogP contribution in [0.15, 0.2) is 18.2 Å². The molecule has 5 rings (SSSR count). The van der Waals surface area contributed by atoms with Crippen molar-refractivity contribution < 1.29 is 49.4 Å². The first-order chi connectivity index (χ1) is 18.6. The molecule has 4 unspecified atom stereocenters. The molecule has 2 aromatic rings. The number of nitrogens with two attached hydrogens (primary N) is 1. The average Bonchev–Trinajstić information content (AvgIpc) is 2.96. The Balaban J connectivity index is 0.000000322. The third-order valence-electron chi connectivity index (χ3n) is 7.06. The maximum absolute atomic E-state index is 13.1. The van der Waals surface area contributed by atoms with Crippen LogP contribution in [-0.2, 0) is 22.4 Å². The number of halogens is 1. The zero-order chi connectivity index (χ0) is 29.0. The van der Waals surface area contributed by atoms with E-state index in [9.17, 15) is 24.6 Å². The number of aromatic hydroxyl groups is 2. The zero-order valence-electron chi connectivity index (χ0n) is 21.5. The van der Waals surface area contributed by atoms with E-state index in [1.165, 1.54) is 19.6 Å². The van der Waals surface area contributed by atoms with E-state index in [2.05, 4.69) is 16.3 Å². The molecule has 0 spiro atoms. The minimum absolute atomic E-state index is 0.0568. The summed E-state index contributed by atoms with van der Waals surface area (Å²) in [5.41, 5.74) is 5.68. The molecule has 11 nitrogen and oxygen atoms in total. The molecule has 1 saturated heterocycles. The van der Waals surface area contributed by atoms with Gasteiger partial charge >= 0.3 is 0 Å². The number of rotatable bonds is 3. The van der Waals surface area contributed by atoms with Gasteiger partial charge < -0.3 is 40.7 Å². The quantitative estimate of drug-likeness (QED) is 0.194. The minimum atomic E-state index is -0.789. The highest BCUT2D eigenvalue weighted by Crippen LogP contribution is 2.47. The maximum atomic E-state index is 13.1. The number of hydrogen-bond acceptors (Lipinski definition) is 11. The highest BCUT2D eigenvalue weighted by Gasteiger charge is 2.41. The predicted octanol–water partition coefficient (Wildman–Crippen LogP) is 0.816. The van der Waals surface area contributed by atoms with Crippen LogP contribution in [0, 0.1) is 5.92 Å². The lowest BCUT2D eigenvalue weighted by Gasteiger charge is -2.29. The van der Waals surface area contributed by atoms with Gasteiger partial charge in [0.15, 0.2) is 17.9 Å². The molecule has 1 heterocycles. The lowest BCUT2D eigenvalue weighted by Crippen LogP contribution is -2.46. The Bertz CT molecular complexity index is 1260. The molecule has 4 atom stereocenters. The van der Waals surface area contributed by atoms with Gasteiger partial charge in [-0.1, -0.05) is 12.1 Å². The number of alkyl halides is 1. The summed E-state index contributed by atoms with van der Waals surface area (Å²) in [7, 11) is 1.38. The van der Waals surface area contributed by atoms with Crippen LogP contribution in [0.2, 0.25) is 0 Å². The van der Waals surface area contributed by atoms with Crippen LogP contribution in [0.4, 0.5) is 0 Å². The molecule has 39 heavy (non-hydrogen) atoms. The van der Waals surface area contributed by atoms with Gasteiger partial charge in [0.05, 0.1) is 36.5 Å². The molecule has 12 heteroatoms. The standard InChI is InChI=1S/C21H18O7.C5H11NO3.CH3Cl/c1-28-14-4-2-3-11-15(14)21(27)17-16(19(11)25)20(26)12-7-9(13(23)8-22)5-6-10(12)18(17)24;6-3-1-5(8)9-2-4(3)7;1-2/h2-4,9,22,24,26H,5-8H2,1H3;3-5,7-8H,1-2,6H2;1H3. The summed E-state index contributed by atoms with van der Waals surface area (Å²) < 4.78 is 9.89. The van der Waals surface area contributed by atoms with Crippen molar-refractivity contribution in [3.8, 4) is 17.2 Å². The fraction of sp³-hybridized carbons (Fsp3) is 0.444. The fourth-order valence-corrected chi connectivity index (χ4v) is 5.00. The number of carbonyl (C=O) groups excluding carboxylic acids is 3. The number of aliphatic hydroxyl groups excluding tert-OH is 3. The molecule has 0 bridgehead atoms. The molecule has 0 aromatic heterocycles. The Morgan fingerprint density at radius 2 is 1.72 bits per heavy atom. The smallest absolute Gasteiger partial charge is 0.202 e. The van der Waals surface area contributed by atoms with E-state index in [0.717, 1.165) is 0 Å². The molecule has 0 saturated carbocycles. The summed E-state index contributed by atoms with van der Waals surface area (Å²) in [5, 5.41) is 48.5. The van der Waals surface area contributed by atoms with Gasteiger partial charge in [-0.2, -0.15) is 0 Å². The number of benzene rings is 2. The van der Waals surface area contributed by atoms with Crippen LogP contribution in [0.1, 0.15) is 55.8 Å². The van der Waals surface area contributed by atoms with E-state index < -0.39 is 36.5 Å². The molecule has 1 fully saturated rings. The Kier molecular flexibility index (Phi) is 10.1. The number of aliphatic hydroxyl groups is 3. The van der Waals surface area contributed by atoms with Crippen LogP contribution in [0.3, 0.4) is 0 Å². The third kappa shape index (κ3) is 5.79. The van der Waals surface area contributed by atoms with Gasteiger partial charge in [0.1, 0.15) is 23.9 Å². The molecule has 7 N–H and O–H groups in total. The van der Waals surface area contributed by atoms with E-state index in [-0.39, 0.29) is 76.3 Å². The van der Waals surface area contributed by atoms with Gasteiger partial charge in [-0.3, -0.25) is 14.4 Å². The van der Waals surface area contributed by atoms with Gasteiger partial charge in [0.25, 0.3) is 0 Å². The lowest BCUT2D eigenvalue weighted by atomic mass is 9.75. The summed E-state index contributed by atoms with van der Waals surface area (Å²) in [5.74, 6) is -2.56. The molecule has 3 aliphatic rings. The Hall–Kier alpha value is -3.06. The minimum Gasteiger partial charge on any atom is -0.507 e. The highest BCUT2D eigenvalue weighted by atomic mass is 35.5. The molecular formula is C27H32ClNO10. The van der Waals surface area contributed by atoms with Crippen LogP contribution >= 0.6 is 11.6 Å². The van der Waals surface area contributed by atoms with Crippen molar-refractivity contribution in [1.29, 1.82) is 0 Å². The van der Waals surface area contributed by atoms with Crippen molar-refractivity contribution in [1.82, 2.24) is 0 Å². The fourth-order valence-electron chi connectivity index (χ4n) is 5.00. The van der Waals surface area contributed by atoms with Gasteiger partial charge in [-0.25, -0.2) is 0 Å². The third-order valence-corrected chi connectivity index (χ3v) is 7.06. The topological polar surface area (TPSA) is 197 Å². The summed E-state index contributed by atoms with van der Waals surface area (Å²) >= 11 is 4.64. The number of hydrogen-bond donors (Lipinski definition) is 6. The summed E-state index contributed by atoms with van der Waals surface area (Å²) in [4.78, 5) is 38.1. The molecule has 2 aromatic carbocycles. The van der Waals surface area contributed by atoms with Crippen LogP contribution in [-0.4, -0.2) is 88.0 Å². The van der Waals surface area contributed by atoms with Crippen molar-refractivity contribution in [3.63, 3.8) is 0 Å². The van der Waals surface area contributed by atoms with Gasteiger partial charge in [-0.15, -0.1) is 11.6 Å². The first-order valence-electron chi connectivity index (χ1n) is 12.2. The van der Waals surface area contributed by atoms with Crippen molar-refractivity contribution in [2.45, 2.75) is 44.1 Å². The van der Waals surface area contributed by atoms with Crippen LogP contribution < -0.4 is 10.5 Å². The van der Waals surface area contributed by atoms with E-state index in [1.54, 1.807) is 12.1 Å². The normalized spacial score (nSPS) is 23.2. The van der Waals surface area contributed by atoms with Crippen molar-refractivity contribution in [2.24, 2.45) is 11.7 Å². The maximum Gasteiger partial charge on any atom is 0.202 e. The van der Waals surface area contributed by atoms with E-state index in [0.29, 0.717) is 18.4 Å². The Morgan fingerprint density at radius 1 is 1.08 bits per heavy atom. The SMILES string of the molecule is CCl.COc1cccc2c1C(=O)c1c(O)c3c(c(O)c1C2=O)CC(C(=O)CO)CC3.NC1CC(O)OCC1O. The Labute approximate surface area is 229 Å². The second kappa shape index (κ2) is 12.9. The lowest BCUT2D eigenvalue weighted by molar-refractivity contribution is -0.162. The largest absolute Gasteiger partial charge is 0.507 e. The Morgan fingerprint density at radius 3 is 2.31 bits per heavy atom. The van der Waals surface area contributed by atoms with E-state index in [4.69, 9.17) is 25.8 Å². The number of carbonyl (C=O) groups is 3. The average molecular weight is 566 g/mol. The van der Waals surface area contributed by atoms with Crippen molar-refractivity contribution >= 4 is 29.0 Å².